The number of hydrogen-bond donors (Lipinski definition) is 2. The first-order chi connectivity index (χ1) is 13.9. The molecule has 0 saturated heterocycles. The number of nitrogens with one attached hydrogen (secondary N) is 2. The summed E-state index contributed by atoms with van der Waals surface area (Å²) in [6.45, 7) is 2.57. The first-order valence-corrected chi connectivity index (χ1v) is 11.2. The number of imidazole rings is 2. The van der Waals surface area contributed by atoms with Crippen LogP contribution in [0.25, 0.3) is 22.1 Å². The largest absolute Gasteiger partial charge is 0.378 e. The van der Waals surface area contributed by atoms with Crippen LogP contribution < -0.4 is 0 Å². The minimum absolute atomic E-state index is 0.607. The third kappa shape index (κ3) is 5.29. The Balaban J connectivity index is 1.03. The molecule has 2 heterocycles. The van der Waals surface area contributed by atoms with Gasteiger partial charge in [0.05, 0.1) is 48.5 Å². The summed E-state index contributed by atoms with van der Waals surface area (Å²) < 4.78 is 11.2. The van der Waals surface area contributed by atoms with Crippen LogP contribution in [0.3, 0.4) is 0 Å². The Labute approximate surface area is 171 Å². The summed E-state index contributed by atoms with van der Waals surface area (Å²) in [5.41, 5.74) is 4.14. The highest BCUT2D eigenvalue weighted by atomic mass is 32.2. The molecule has 2 aromatic heterocycles. The highest BCUT2D eigenvalue weighted by molar-refractivity contribution is 7.99. The fourth-order valence-electron chi connectivity index (χ4n) is 2.71. The number of aromatic nitrogens is 4. The normalized spacial score (nSPS) is 11.6. The van der Waals surface area contributed by atoms with E-state index in [0.717, 1.165) is 43.9 Å². The van der Waals surface area contributed by atoms with Crippen molar-refractivity contribution in [3.8, 4) is 0 Å². The summed E-state index contributed by atoms with van der Waals surface area (Å²) in [6, 6.07) is 16.1. The van der Waals surface area contributed by atoms with E-state index in [4.69, 9.17) is 9.47 Å². The Morgan fingerprint density at radius 3 is 1.57 bits per heavy atom. The van der Waals surface area contributed by atoms with Gasteiger partial charge >= 0.3 is 0 Å². The second kappa shape index (κ2) is 9.97. The Bertz CT molecular complexity index is 869. The van der Waals surface area contributed by atoms with Gasteiger partial charge < -0.3 is 19.4 Å². The number of hydrogen-bond acceptors (Lipinski definition) is 6. The standard InChI is InChI=1S/C20H22N4O2S2/c1-2-6-16-15(5-1)21-19(22-16)27-13-11-25-9-10-26-12-14-28-20-23-17-7-3-4-8-18(17)24-20/h1-8H,9-14H2,(H,21,22)(H,23,24). The Kier molecular flexibility index (Phi) is 6.88. The fraction of sp³-hybridized carbons (Fsp3) is 0.300. The van der Waals surface area contributed by atoms with Gasteiger partial charge in [0.15, 0.2) is 10.3 Å². The van der Waals surface area contributed by atoms with Gasteiger partial charge in [0.25, 0.3) is 0 Å². The van der Waals surface area contributed by atoms with Gasteiger partial charge in [-0.1, -0.05) is 47.8 Å². The summed E-state index contributed by atoms with van der Waals surface area (Å²) in [5, 5.41) is 1.87. The predicted octanol–water partition coefficient (Wildman–Crippen LogP) is 4.36. The molecule has 0 fully saturated rings. The van der Waals surface area contributed by atoms with Crippen LogP contribution in [-0.4, -0.2) is 57.9 Å². The molecular formula is C20H22N4O2S2. The van der Waals surface area contributed by atoms with Gasteiger partial charge in [0, 0.05) is 11.5 Å². The third-order valence-electron chi connectivity index (χ3n) is 4.04. The molecule has 2 N–H and O–H groups in total. The maximum absolute atomic E-state index is 5.62. The number of aromatic amines is 2. The number of nitrogens with zero attached hydrogens (tertiary/aromatic N) is 2. The van der Waals surface area contributed by atoms with Gasteiger partial charge in [0.2, 0.25) is 0 Å². The van der Waals surface area contributed by atoms with Crippen molar-refractivity contribution in [1.29, 1.82) is 0 Å². The van der Waals surface area contributed by atoms with Crippen molar-refractivity contribution < 1.29 is 9.47 Å². The van der Waals surface area contributed by atoms with E-state index in [0.29, 0.717) is 26.4 Å². The molecule has 0 spiro atoms. The van der Waals surface area contributed by atoms with Crippen LogP contribution in [-0.2, 0) is 9.47 Å². The zero-order valence-electron chi connectivity index (χ0n) is 15.4. The molecule has 28 heavy (non-hydrogen) atoms. The summed E-state index contributed by atoms with van der Waals surface area (Å²) in [5.74, 6) is 1.73. The van der Waals surface area contributed by atoms with Crippen molar-refractivity contribution >= 4 is 45.6 Å². The highest BCUT2D eigenvalue weighted by Gasteiger charge is 2.03. The maximum atomic E-state index is 5.62. The van der Waals surface area contributed by atoms with Gasteiger partial charge in [-0.15, -0.1) is 0 Å². The number of benzene rings is 2. The molecule has 146 valence electrons. The SMILES string of the molecule is c1ccc2[nH]c(SCCOCCOCCSc3nc4ccccc4[nH]3)nc2c1. The van der Waals surface area contributed by atoms with E-state index in [1.807, 2.05) is 48.5 Å². The van der Waals surface area contributed by atoms with E-state index in [1.54, 1.807) is 23.5 Å². The zero-order valence-corrected chi connectivity index (χ0v) is 17.0. The molecule has 8 heteroatoms. The van der Waals surface area contributed by atoms with Crippen LogP contribution in [0, 0.1) is 0 Å². The molecule has 4 aromatic rings. The van der Waals surface area contributed by atoms with E-state index in [9.17, 15) is 0 Å². The van der Waals surface area contributed by atoms with Crippen molar-refractivity contribution in [3.05, 3.63) is 48.5 Å². The predicted molar refractivity (Wildman–Crippen MR) is 115 cm³/mol. The smallest absolute Gasteiger partial charge is 0.166 e. The zero-order chi connectivity index (χ0) is 19.0. The fourth-order valence-corrected chi connectivity index (χ4v) is 4.19. The minimum atomic E-state index is 0.607. The summed E-state index contributed by atoms with van der Waals surface area (Å²) in [4.78, 5) is 15.7. The van der Waals surface area contributed by atoms with Crippen LogP contribution in [0.1, 0.15) is 0 Å². The van der Waals surface area contributed by atoms with Crippen molar-refractivity contribution in [2.24, 2.45) is 0 Å². The molecule has 2 aromatic carbocycles. The minimum Gasteiger partial charge on any atom is -0.378 e. The van der Waals surface area contributed by atoms with Gasteiger partial charge in [-0.3, -0.25) is 0 Å². The van der Waals surface area contributed by atoms with E-state index in [1.165, 1.54) is 0 Å². The van der Waals surface area contributed by atoms with Crippen LogP contribution in [0.5, 0.6) is 0 Å². The third-order valence-corrected chi connectivity index (χ3v) is 5.72. The molecule has 0 atom stereocenters. The first-order valence-electron chi connectivity index (χ1n) is 9.19. The average Bonchev–Trinajstić information content (AvgIpc) is 3.32. The maximum Gasteiger partial charge on any atom is 0.166 e. The Morgan fingerprint density at radius 1 is 0.643 bits per heavy atom. The molecule has 6 nitrogen and oxygen atoms in total. The lowest BCUT2D eigenvalue weighted by Crippen LogP contribution is -2.08. The number of fused-ring (bicyclic) bond motifs is 2. The van der Waals surface area contributed by atoms with Gasteiger partial charge in [-0.05, 0) is 24.3 Å². The van der Waals surface area contributed by atoms with Crippen molar-refractivity contribution in [2.75, 3.05) is 37.9 Å². The molecule has 0 amide bonds. The summed E-state index contributed by atoms with van der Waals surface area (Å²) in [7, 11) is 0. The topological polar surface area (TPSA) is 75.8 Å². The van der Waals surface area contributed by atoms with E-state index in [2.05, 4.69) is 19.9 Å². The van der Waals surface area contributed by atoms with Gasteiger partial charge in [0.1, 0.15) is 0 Å². The molecule has 0 aliphatic carbocycles. The molecule has 0 radical (unpaired) electrons. The van der Waals surface area contributed by atoms with E-state index in [-0.39, 0.29) is 0 Å². The molecule has 0 aliphatic rings. The lowest BCUT2D eigenvalue weighted by molar-refractivity contribution is 0.0605. The van der Waals surface area contributed by atoms with Crippen LogP contribution >= 0.6 is 23.5 Å². The lowest BCUT2D eigenvalue weighted by Gasteiger charge is -2.04. The number of thioether (sulfide) groups is 2. The summed E-state index contributed by atoms with van der Waals surface area (Å²) in [6.07, 6.45) is 0. The number of ether oxygens (including phenoxy) is 2. The van der Waals surface area contributed by atoms with Crippen molar-refractivity contribution in [1.82, 2.24) is 19.9 Å². The van der Waals surface area contributed by atoms with Gasteiger partial charge in [-0.25, -0.2) is 9.97 Å². The Morgan fingerprint density at radius 2 is 1.11 bits per heavy atom. The van der Waals surface area contributed by atoms with E-state index >= 15 is 0 Å². The van der Waals surface area contributed by atoms with Crippen molar-refractivity contribution in [3.63, 3.8) is 0 Å². The van der Waals surface area contributed by atoms with E-state index < -0.39 is 0 Å². The number of H-pyrrole nitrogens is 2. The lowest BCUT2D eigenvalue weighted by atomic mass is 10.3. The van der Waals surface area contributed by atoms with Crippen LogP contribution in [0.15, 0.2) is 58.8 Å². The molecule has 0 unspecified atom stereocenters. The second-order valence-corrected chi connectivity index (χ2v) is 8.21. The summed E-state index contributed by atoms with van der Waals surface area (Å²) >= 11 is 3.34. The highest BCUT2D eigenvalue weighted by Crippen LogP contribution is 2.19. The van der Waals surface area contributed by atoms with Crippen LogP contribution in [0.4, 0.5) is 0 Å². The number of para-hydroxylation sites is 4. The molecule has 0 saturated carbocycles. The number of rotatable bonds is 11. The molecule has 0 bridgehead atoms. The van der Waals surface area contributed by atoms with Crippen LogP contribution in [0.2, 0.25) is 0 Å². The molecular weight excluding hydrogens is 392 g/mol. The molecule has 4 rings (SSSR count). The quantitative estimate of drug-likeness (QED) is 0.281. The molecule has 0 aliphatic heterocycles. The Hall–Kier alpha value is -2.00. The van der Waals surface area contributed by atoms with Gasteiger partial charge in [-0.2, -0.15) is 0 Å². The monoisotopic (exact) mass is 414 g/mol. The second-order valence-electron chi connectivity index (χ2n) is 6.04. The first kappa shape index (κ1) is 19.3. The van der Waals surface area contributed by atoms with Crippen molar-refractivity contribution in [2.45, 2.75) is 10.3 Å². The average molecular weight is 415 g/mol.